The molecule has 2 unspecified atom stereocenters. The minimum Gasteiger partial charge on any atom is -0.370 e. The maximum absolute atomic E-state index is 13.2. The Balaban J connectivity index is 1.53. The maximum Gasteiger partial charge on any atom is 0.242 e. The topological polar surface area (TPSA) is 75.2 Å². The van der Waals surface area contributed by atoms with E-state index in [9.17, 15) is 8.42 Å². The number of nitrogens with zero attached hydrogens (tertiary/aromatic N) is 3. The highest BCUT2D eigenvalue weighted by Gasteiger charge is 2.29. The van der Waals surface area contributed by atoms with E-state index in [1.165, 1.54) is 6.07 Å². The van der Waals surface area contributed by atoms with Crippen LogP contribution in [-0.4, -0.2) is 38.0 Å². The molecule has 164 valence electrons. The van der Waals surface area contributed by atoms with Gasteiger partial charge in [0.1, 0.15) is 4.90 Å². The first-order chi connectivity index (χ1) is 14.8. The summed E-state index contributed by atoms with van der Waals surface area (Å²) in [7, 11) is -3.74. The molecule has 1 aromatic carbocycles. The number of halogens is 1. The van der Waals surface area contributed by atoms with Crippen molar-refractivity contribution in [3.63, 3.8) is 0 Å². The fourth-order valence-electron chi connectivity index (χ4n) is 3.80. The largest absolute Gasteiger partial charge is 0.370 e. The van der Waals surface area contributed by atoms with E-state index < -0.39 is 10.0 Å². The van der Waals surface area contributed by atoms with E-state index in [1.807, 2.05) is 37.4 Å². The second kappa shape index (κ2) is 9.24. The molecule has 4 rings (SSSR count). The molecule has 9 heteroatoms. The van der Waals surface area contributed by atoms with Crippen LogP contribution in [0, 0.1) is 6.92 Å². The Kier molecular flexibility index (Phi) is 6.62. The van der Waals surface area contributed by atoms with Crippen molar-refractivity contribution in [3.8, 4) is 0 Å². The molecule has 1 fully saturated rings. The first-order valence-corrected chi connectivity index (χ1v) is 12.9. The monoisotopic (exact) mass is 476 g/mol. The number of aromatic nitrogens is 2. The number of nitrogens with one attached hydrogen (secondary N) is 1. The molecule has 1 N–H and O–H groups in total. The number of hydrogen-bond donors (Lipinski definition) is 1. The molecule has 31 heavy (non-hydrogen) atoms. The summed E-state index contributed by atoms with van der Waals surface area (Å²) in [4.78, 5) is 11.3. The summed E-state index contributed by atoms with van der Waals surface area (Å²) >= 11 is 7.73. The minimum atomic E-state index is -3.74. The van der Waals surface area contributed by atoms with Crippen LogP contribution in [0.15, 0.2) is 52.9 Å². The van der Waals surface area contributed by atoms with Crippen LogP contribution in [-0.2, 0) is 10.0 Å². The molecular weight excluding hydrogens is 452 g/mol. The number of rotatable bonds is 7. The van der Waals surface area contributed by atoms with E-state index in [0.717, 1.165) is 35.9 Å². The van der Waals surface area contributed by atoms with E-state index in [1.54, 1.807) is 29.7 Å². The van der Waals surface area contributed by atoms with Gasteiger partial charge in [-0.2, -0.15) is 0 Å². The average Bonchev–Trinajstić information content (AvgIpc) is 3.42. The number of hydrogen-bond acceptors (Lipinski definition) is 6. The summed E-state index contributed by atoms with van der Waals surface area (Å²) in [6.07, 6.45) is 2.72. The Bertz CT molecular complexity index is 1150. The fraction of sp³-hybridized carbons (Fsp3) is 0.364. The molecule has 3 aromatic rings. The van der Waals surface area contributed by atoms with Gasteiger partial charge in [-0.1, -0.05) is 24.6 Å². The Morgan fingerprint density at radius 3 is 2.87 bits per heavy atom. The van der Waals surface area contributed by atoms with E-state index in [-0.39, 0.29) is 23.3 Å². The van der Waals surface area contributed by atoms with Gasteiger partial charge in [0.2, 0.25) is 10.0 Å². The van der Waals surface area contributed by atoms with Crippen molar-refractivity contribution in [3.05, 3.63) is 69.4 Å². The van der Waals surface area contributed by atoms with Gasteiger partial charge < -0.3 is 4.90 Å². The minimum absolute atomic E-state index is 0.0172. The van der Waals surface area contributed by atoms with Crippen molar-refractivity contribution in [1.29, 1.82) is 0 Å². The summed E-state index contributed by atoms with van der Waals surface area (Å²) in [6, 6.07) is 11.0. The molecule has 1 aliphatic heterocycles. The second-order valence-electron chi connectivity index (χ2n) is 7.88. The first-order valence-electron chi connectivity index (χ1n) is 10.2. The van der Waals surface area contributed by atoms with Crippen LogP contribution >= 0.6 is 22.9 Å². The van der Waals surface area contributed by atoms with E-state index in [0.29, 0.717) is 10.7 Å². The number of aryl methyl sites for hydroxylation is 1. The molecule has 0 aliphatic carbocycles. The molecule has 1 saturated heterocycles. The zero-order valence-corrected chi connectivity index (χ0v) is 19.8. The predicted molar refractivity (Wildman–Crippen MR) is 126 cm³/mol. The fourth-order valence-corrected chi connectivity index (χ4v) is 6.27. The number of sulfonamides is 1. The quantitative estimate of drug-likeness (QED) is 0.540. The summed E-state index contributed by atoms with van der Waals surface area (Å²) < 4.78 is 29.2. The lowest BCUT2D eigenvalue weighted by Gasteiger charge is -2.23. The third kappa shape index (κ3) is 5.09. The van der Waals surface area contributed by atoms with Crippen molar-refractivity contribution < 1.29 is 8.42 Å². The molecule has 0 radical (unpaired) electrons. The van der Waals surface area contributed by atoms with Gasteiger partial charge in [-0.3, -0.25) is 4.98 Å². The van der Waals surface area contributed by atoms with Crippen LogP contribution in [0.5, 0.6) is 0 Å². The van der Waals surface area contributed by atoms with Gasteiger partial charge in [0.05, 0.1) is 10.7 Å². The third-order valence-corrected chi connectivity index (χ3v) is 8.37. The second-order valence-corrected chi connectivity index (χ2v) is 10.9. The normalized spacial score (nSPS) is 17.8. The lowest BCUT2D eigenvalue weighted by molar-refractivity contribution is 0.574. The standard InChI is InChI=1S/C22H25ClN4O2S2/c1-15(22-26-16(2)14-30-22)12-25-31(28,29)21-11-18(23)6-7-20(21)27-10-8-17(13-27)19-5-3-4-9-24-19/h3-7,9,11,14-15,17,25H,8,10,12-13H2,1-2H3. The van der Waals surface area contributed by atoms with Crippen LogP contribution in [0.1, 0.15) is 41.6 Å². The SMILES string of the molecule is Cc1csc(C(C)CNS(=O)(=O)c2cc(Cl)ccc2N2CCC(c3ccccn3)C2)n1. The number of benzene rings is 1. The highest BCUT2D eigenvalue weighted by atomic mass is 35.5. The predicted octanol–water partition coefficient (Wildman–Crippen LogP) is 4.58. The van der Waals surface area contributed by atoms with Crippen LogP contribution in [0.3, 0.4) is 0 Å². The van der Waals surface area contributed by atoms with Gasteiger partial charge in [-0.25, -0.2) is 18.1 Å². The molecule has 2 atom stereocenters. The third-order valence-electron chi connectivity index (χ3n) is 5.48. The molecule has 0 saturated carbocycles. The Morgan fingerprint density at radius 2 is 2.16 bits per heavy atom. The van der Waals surface area contributed by atoms with Gasteiger partial charge >= 0.3 is 0 Å². The van der Waals surface area contributed by atoms with E-state index >= 15 is 0 Å². The highest BCUT2D eigenvalue weighted by molar-refractivity contribution is 7.89. The van der Waals surface area contributed by atoms with Gasteiger partial charge in [0.15, 0.2) is 0 Å². The zero-order chi connectivity index (χ0) is 22.0. The van der Waals surface area contributed by atoms with Gasteiger partial charge in [0, 0.05) is 59.5 Å². The van der Waals surface area contributed by atoms with Crippen LogP contribution in [0.25, 0.3) is 0 Å². The molecule has 2 aromatic heterocycles. The Labute approximate surface area is 192 Å². The molecule has 0 spiro atoms. The van der Waals surface area contributed by atoms with E-state index in [4.69, 9.17) is 11.6 Å². The molecule has 0 bridgehead atoms. The molecule has 6 nitrogen and oxygen atoms in total. The lowest BCUT2D eigenvalue weighted by atomic mass is 10.0. The van der Waals surface area contributed by atoms with Gasteiger partial charge in [0.25, 0.3) is 0 Å². The lowest BCUT2D eigenvalue weighted by Crippen LogP contribution is -2.30. The summed E-state index contributed by atoms with van der Waals surface area (Å²) in [5, 5.41) is 3.29. The van der Waals surface area contributed by atoms with Crippen molar-refractivity contribution in [2.45, 2.75) is 37.0 Å². The maximum atomic E-state index is 13.2. The number of anilines is 1. The molecule has 1 aliphatic rings. The van der Waals surface area contributed by atoms with Crippen molar-refractivity contribution in [2.24, 2.45) is 0 Å². The van der Waals surface area contributed by atoms with Crippen LogP contribution in [0.2, 0.25) is 5.02 Å². The highest BCUT2D eigenvalue weighted by Crippen LogP contribution is 2.35. The number of thiazole rings is 1. The van der Waals surface area contributed by atoms with Crippen molar-refractivity contribution in [2.75, 3.05) is 24.5 Å². The Hall–Kier alpha value is -2.00. The van der Waals surface area contributed by atoms with E-state index in [2.05, 4.69) is 19.6 Å². The molecule has 0 amide bonds. The van der Waals surface area contributed by atoms with Gasteiger partial charge in [-0.05, 0) is 43.7 Å². The summed E-state index contributed by atoms with van der Waals surface area (Å²) in [5.41, 5.74) is 2.66. The smallest absolute Gasteiger partial charge is 0.242 e. The molecule has 3 heterocycles. The Morgan fingerprint density at radius 1 is 1.32 bits per heavy atom. The average molecular weight is 477 g/mol. The van der Waals surface area contributed by atoms with Crippen molar-refractivity contribution >= 4 is 38.6 Å². The first kappa shape index (κ1) is 22.2. The summed E-state index contributed by atoms with van der Waals surface area (Å²) in [5.74, 6) is 0.255. The van der Waals surface area contributed by atoms with Crippen LogP contribution < -0.4 is 9.62 Å². The zero-order valence-electron chi connectivity index (χ0n) is 17.5. The molecular formula is C22H25ClN4O2S2. The van der Waals surface area contributed by atoms with Gasteiger partial charge in [-0.15, -0.1) is 11.3 Å². The van der Waals surface area contributed by atoms with Crippen LogP contribution in [0.4, 0.5) is 5.69 Å². The number of pyridine rings is 1. The summed E-state index contributed by atoms with van der Waals surface area (Å²) in [6.45, 7) is 5.66. The van der Waals surface area contributed by atoms with Crippen molar-refractivity contribution in [1.82, 2.24) is 14.7 Å².